The van der Waals surface area contributed by atoms with Crippen molar-refractivity contribution in [1.82, 2.24) is 4.90 Å². The van der Waals surface area contributed by atoms with Gasteiger partial charge in [0.15, 0.2) is 0 Å². The lowest BCUT2D eigenvalue weighted by Gasteiger charge is -2.31. The van der Waals surface area contributed by atoms with Crippen molar-refractivity contribution >= 4 is 23.1 Å². The first-order valence-corrected chi connectivity index (χ1v) is 13.1. The number of ether oxygens (including phenoxy) is 1. The largest absolute Gasteiger partial charge is 0.446 e. The first-order valence-electron chi connectivity index (χ1n) is 12.2. The molecular formula is C28H34N2O3S. The summed E-state index contributed by atoms with van der Waals surface area (Å²) in [6, 6.07) is 20.8. The summed E-state index contributed by atoms with van der Waals surface area (Å²) in [6.45, 7) is 3.19. The highest BCUT2D eigenvalue weighted by Gasteiger charge is 2.22. The van der Waals surface area contributed by atoms with Crippen LogP contribution in [0.1, 0.15) is 36.8 Å². The van der Waals surface area contributed by atoms with E-state index in [9.17, 15) is 4.79 Å². The van der Waals surface area contributed by atoms with Gasteiger partial charge in [-0.2, -0.15) is 0 Å². The molecule has 2 aromatic carbocycles. The van der Waals surface area contributed by atoms with Crippen molar-refractivity contribution in [2.24, 2.45) is 0 Å². The van der Waals surface area contributed by atoms with Crippen molar-refractivity contribution in [2.75, 3.05) is 31.6 Å². The van der Waals surface area contributed by atoms with Crippen LogP contribution in [0.5, 0.6) is 0 Å². The van der Waals surface area contributed by atoms with Crippen LogP contribution >= 0.6 is 11.3 Å². The number of hydrogen-bond donors (Lipinski definition) is 2. The molecule has 2 N–H and O–H groups in total. The molecule has 1 fully saturated rings. The number of nitrogens with zero attached hydrogens (tertiary/aromatic N) is 1. The Morgan fingerprint density at radius 1 is 0.971 bits per heavy atom. The summed E-state index contributed by atoms with van der Waals surface area (Å²) in [5, 5.41) is 13.9. The molecule has 5 nitrogen and oxygen atoms in total. The maximum atomic E-state index is 12.5. The third-order valence-corrected chi connectivity index (χ3v) is 7.28. The Bertz CT molecular complexity index is 1010. The van der Waals surface area contributed by atoms with E-state index in [1.54, 1.807) is 11.3 Å². The van der Waals surface area contributed by atoms with Crippen LogP contribution in [0.25, 0.3) is 10.4 Å². The van der Waals surface area contributed by atoms with E-state index in [1.165, 1.54) is 11.1 Å². The number of para-hydroxylation sites is 1. The van der Waals surface area contributed by atoms with E-state index >= 15 is 0 Å². The van der Waals surface area contributed by atoms with Crippen molar-refractivity contribution < 1.29 is 14.6 Å². The first kappa shape index (κ1) is 24.5. The maximum Gasteiger partial charge on any atom is 0.411 e. The summed E-state index contributed by atoms with van der Waals surface area (Å²) in [4.78, 5) is 16.1. The van der Waals surface area contributed by atoms with Gasteiger partial charge in [0.25, 0.3) is 0 Å². The second-order valence-corrected chi connectivity index (χ2v) is 9.79. The predicted molar refractivity (Wildman–Crippen MR) is 139 cm³/mol. The summed E-state index contributed by atoms with van der Waals surface area (Å²) >= 11 is 1.65. The number of carbonyl (C=O) groups is 1. The second-order valence-electron chi connectivity index (χ2n) is 8.84. The van der Waals surface area contributed by atoms with Crippen molar-refractivity contribution in [1.29, 1.82) is 0 Å². The quantitative estimate of drug-likeness (QED) is 0.352. The number of aliphatic hydroxyl groups is 1. The molecule has 0 atom stereocenters. The molecule has 2 heterocycles. The van der Waals surface area contributed by atoms with Gasteiger partial charge in [0.05, 0.1) is 5.69 Å². The van der Waals surface area contributed by atoms with Crippen LogP contribution in [-0.4, -0.2) is 48.4 Å². The molecule has 1 aromatic heterocycles. The van der Waals surface area contributed by atoms with Gasteiger partial charge in [-0.15, -0.1) is 11.3 Å². The maximum absolute atomic E-state index is 12.5. The van der Waals surface area contributed by atoms with Crippen LogP contribution in [0.2, 0.25) is 0 Å². The minimum Gasteiger partial charge on any atom is -0.446 e. The molecule has 0 radical (unpaired) electrons. The van der Waals surface area contributed by atoms with E-state index in [0.717, 1.165) is 74.3 Å². The number of nitrogens with one attached hydrogen (secondary N) is 1. The third-order valence-electron chi connectivity index (χ3n) is 6.37. The first-order chi connectivity index (χ1) is 16.7. The van der Waals surface area contributed by atoms with Gasteiger partial charge in [-0.1, -0.05) is 48.5 Å². The van der Waals surface area contributed by atoms with Crippen LogP contribution in [-0.2, 0) is 17.6 Å². The van der Waals surface area contributed by atoms with Crippen LogP contribution in [0.15, 0.2) is 66.0 Å². The highest BCUT2D eigenvalue weighted by Crippen LogP contribution is 2.31. The van der Waals surface area contributed by atoms with Gasteiger partial charge in [-0.25, -0.2) is 4.79 Å². The Hall–Kier alpha value is -2.67. The number of thiophene rings is 1. The molecule has 6 heteroatoms. The summed E-state index contributed by atoms with van der Waals surface area (Å²) in [5.74, 6) is 0. The van der Waals surface area contributed by atoms with Gasteiger partial charge in [0, 0.05) is 36.7 Å². The number of unbranched alkanes of at least 4 members (excludes halogenated alkanes) is 1. The Morgan fingerprint density at radius 3 is 2.41 bits per heavy atom. The number of hydrogen-bond acceptors (Lipinski definition) is 5. The summed E-state index contributed by atoms with van der Waals surface area (Å²) in [6.07, 6.45) is 5.28. The predicted octanol–water partition coefficient (Wildman–Crippen LogP) is 5.99. The third kappa shape index (κ3) is 7.16. The Balaban J connectivity index is 1.18. The molecule has 1 amide bonds. The Labute approximate surface area is 206 Å². The number of piperidine rings is 1. The number of anilines is 1. The van der Waals surface area contributed by atoms with Crippen molar-refractivity contribution in [2.45, 2.75) is 44.6 Å². The van der Waals surface area contributed by atoms with E-state index in [0.29, 0.717) is 0 Å². The summed E-state index contributed by atoms with van der Waals surface area (Å²) < 4.78 is 5.74. The fraction of sp³-hybridized carbons (Fsp3) is 0.393. The lowest BCUT2D eigenvalue weighted by molar-refractivity contribution is 0.0593. The average Bonchev–Trinajstić information content (AvgIpc) is 3.40. The zero-order valence-corrected chi connectivity index (χ0v) is 20.4. The van der Waals surface area contributed by atoms with Gasteiger partial charge in [0.1, 0.15) is 6.10 Å². The van der Waals surface area contributed by atoms with Gasteiger partial charge >= 0.3 is 6.09 Å². The highest BCUT2D eigenvalue weighted by atomic mass is 32.1. The topological polar surface area (TPSA) is 61.8 Å². The van der Waals surface area contributed by atoms with Gasteiger partial charge in [-0.05, 0) is 67.2 Å². The summed E-state index contributed by atoms with van der Waals surface area (Å²) in [7, 11) is 0. The lowest BCUT2D eigenvalue weighted by atomic mass is 10.0. The minimum atomic E-state index is -0.374. The molecular weight excluding hydrogens is 444 g/mol. The van der Waals surface area contributed by atoms with Crippen molar-refractivity contribution in [3.63, 3.8) is 0 Å². The molecule has 0 saturated carbocycles. The highest BCUT2D eigenvalue weighted by molar-refractivity contribution is 7.13. The molecule has 0 bridgehead atoms. The molecule has 0 aliphatic carbocycles. The molecule has 1 aliphatic heterocycles. The number of aliphatic hydroxyl groups excluding tert-OH is 1. The molecule has 3 aromatic rings. The van der Waals surface area contributed by atoms with Crippen LogP contribution in [0.3, 0.4) is 0 Å². The van der Waals surface area contributed by atoms with Crippen molar-refractivity contribution in [3.8, 4) is 10.4 Å². The second kappa shape index (κ2) is 12.7. The number of aryl methyl sites for hydroxylation is 1. The Morgan fingerprint density at radius 2 is 1.71 bits per heavy atom. The number of rotatable bonds is 10. The zero-order valence-electron chi connectivity index (χ0n) is 19.6. The molecule has 4 rings (SSSR count). The van der Waals surface area contributed by atoms with Gasteiger partial charge in [-0.3, -0.25) is 5.32 Å². The average molecular weight is 479 g/mol. The molecule has 34 heavy (non-hydrogen) atoms. The number of benzene rings is 2. The molecule has 1 aliphatic rings. The monoisotopic (exact) mass is 478 g/mol. The van der Waals surface area contributed by atoms with Crippen LogP contribution in [0, 0.1) is 0 Å². The number of amides is 1. The normalized spacial score (nSPS) is 14.7. The van der Waals surface area contributed by atoms with Gasteiger partial charge < -0.3 is 14.7 Å². The SMILES string of the molecule is O=C(Nc1ccccc1-c1cccs1)OC1CCN(CCc2ccc(CCCCO)cc2)CC1. The lowest BCUT2D eigenvalue weighted by Crippen LogP contribution is -2.39. The van der Waals surface area contributed by atoms with E-state index in [1.807, 2.05) is 35.7 Å². The zero-order chi connectivity index (χ0) is 23.6. The molecule has 180 valence electrons. The van der Waals surface area contributed by atoms with E-state index in [4.69, 9.17) is 9.84 Å². The number of carbonyl (C=O) groups excluding carboxylic acids is 1. The smallest absolute Gasteiger partial charge is 0.411 e. The standard InChI is InChI=1S/C28H34N2O3S/c31-20-4-3-6-22-10-12-23(13-11-22)14-17-30-18-15-24(16-19-30)33-28(32)29-26-8-2-1-7-25(26)27-9-5-21-34-27/h1-2,5,7-13,21,24,31H,3-4,6,14-20H2,(H,29,32). The Kier molecular flexibility index (Phi) is 9.13. The van der Waals surface area contributed by atoms with Crippen LogP contribution < -0.4 is 5.32 Å². The van der Waals surface area contributed by atoms with Crippen molar-refractivity contribution in [3.05, 3.63) is 77.2 Å². The van der Waals surface area contributed by atoms with E-state index in [2.05, 4.69) is 40.5 Å². The summed E-state index contributed by atoms with van der Waals surface area (Å²) in [5.41, 5.74) is 4.49. The van der Waals surface area contributed by atoms with E-state index < -0.39 is 0 Å². The number of likely N-dealkylation sites (tertiary alicyclic amines) is 1. The fourth-order valence-corrected chi connectivity index (χ4v) is 5.15. The molecule has 1 saturated heterocycles. The van der Waals surface area contributed by atoms with Gasteiger partial charge in [0.2, 0.25) is 0 Å². The fourth-order valence-electron chi connectivity index (χ4n) is 4.38. The molecule has 0 unspecified atom stereocenters. The van der Waals surface area contributed by atoms with Crippen LogP contribution in [0.4, 0.5) is 10.5 Å². The molecule has 0 spiro atoms. The van der Waals surface area contributed by atoms with E-state index in [-0.39, 0.29) is 18.8 Å². The minimum absolute atomic E-state index is 0.0386.